The lowest BCUT2D eigenvalue weighted by molar-refractivity contribution is 0.102. The van der Waals surface area contributed by atoms with Crippen LogP contribution in [0, 0.1) is 5.82 Å². The van der Waals surface area contributed by atoms with Gasteiger partial charge < -0.3 is 14.8 Å². The van der Waals surface area contributed by atoms with E-state index in [0.29, 0.717) is 5.69 Å². The highest BCUT2D eigenvalue weighted by molar-refractivity contribution is 7.98. The molecular formula is C22H21FN2O5S2. The summed E-state index contributed by atoms with van der Waals surface area (Å²) in [4.78, 5) is 13.7. The quantitative estimate of drug-likeness (QED) is 0.461. The summed E-state index contributed by atoms with van der Waals surface area (Å²) in [5.41, 5.74) is 0.248. The number of thioether (sulfide) groups is 1. The Morgan fingerprint density at radius 3 is 2.41 bits per heavy atom. The zero-order chi connectivity index (χ0) is 23.3. The Morgan fingerprint density at radius 1 is 1.00 bits per heavy atom. The van der Waals surface area contributed by atoms with E-state index in [-0.39, 0.29) is 27.6 Å². The first-order valence-corrected chi connectivity index (χ1v) is 12.0. The van der Waals surface area contributed by atoms with Gasteiger partial charge in [-0.3, -0.25) is 9.52 Å². The number of carbonyl (C=O) groups excluding carboxylic acids is 1. The summed E-state index contributed by atoms with van der Waals surface area (Å²) in [6.45, 7) is 0. The number of anilines is 2. The van der Waals surface area contributed by atoms with Crippen LogP contribution in [-0.4, -0.2) is 34.8 Å². The first-order valence-electron chi connectivity index (χ1n) is 9.28. The average Bonchev–Trinajstić information content (AvgIpc) is 2.79. The molecule has 32 heavy (non-hydrogen) atoms. The summed E-state index contributed by atoms with van der Waals surface area (Å²) in [5.74, 6) is -1.23. The Balaban J connectivity index is 2.03. The van der Waals surface area contributed by atoms with Crippen LogP contribution < -0.4 is 19.5 Å². The number of halogens is 1. The van der Waals surface area contributed by atoms with Gasteiger partial charge in [0.15, 0.2) is 11.5 Å². The number of benzene rings is 3. The third-order valence-electron chi connectivity index (χ3n) is 4.45. The third kappa shape index (κ3) is 5.14. The van der Waals surface area contributed by atoms with E-state index in [9.17, 15) is 17.6 Å². The molecule has 0 saturated carbocycles. The third-order valence-corrected chi connectivity index (χ3v) is 6.52. The number of hydrogen-bond acceptors (Lipinski definition) is 6. The minimum Gasteiger partial charge on any atom is -0.493 e. The van der Waals surface area contributed by atoms with Crippen LogP contribution in [0.3, 0.4) is 0 Å². The van der Waals surface area contributed by atoms with E-state index in [0.717, 1.165) is 17.0 Å². The van der Waals surface area contributed by atoms with Crippen LogP contribution in [-0.2, 0) is 10.0 Å². The number of para-hydroxylation sites is 1. The van der Waals surface area contributed by atoms with E-state index in [1.165, 1.54) is 50.2 Å². The normalized spacial score (nSPS) is 11.0. The van der Waals surface area contributed by atoms with Crippen molar-refractivity contribution in [3.05, 3.63) is 72.0 Å². The molecule has 168 valence electrons. The topological polar surface area (TPSA) is 93.7 Å². The number of nitrogens with one attached hydrogen (secondary N) is 2. The summed E-state index contributed by atoms with van der Waals surface area (Å²) in [5, 5.41) is 2.73. The maximum Gasteiger partial charge on any atom is 0.262 e. The number of hydrogen-bond donors (Lipinski definition) is 2. The highest BCUT2D eigenvalue weighted by Crippen LogP contribution is 2.35. The fraction of sp³-hybridized carbons (Fsp3) is 0.136. The van der Waals surface area contributed by atoms with Crippen molar-refractivity contribution in [1.82, 2.24) is 0 Å². The van der Waals surface area contributed by atoms with Crippen molar-refractivity contribution in [2.24, 2.45) is 0 Å². The smallest absolute Gasteiger partial charge is 0.262 e. The van der Waals surface area contributed by atoms with Crippen molar-refractivity contribution in [3.8, 4) is 11.5 Å². The van der Waals surface area contributed by atoms with E-state index >= 15 is 0 Å². The van der Waals surface area contributed by atoms with Gasteiger partial charge in [-0.15, -0.1) is 11.8 Å². The molecule has 0 unspecified atom stereocenters. The van der Waals surface area contributed by atoms with Crippen LogP contribution in [0.2, 0.25) is 0 Å². The van der Waals surface area contributed by atoms with Gasteiger partial charge in [-0.1, -0.05) is 18.2 Å². The fourth-order valence-corrected chi connectivity index (χ4v) is 4.48. The molecule has 0 spiro atoms. The number of amides is 1. The molecule has 1 amide bonds. The molecule has 3 rings (SSSR count). The van der Waals surface area contributed by atoms with Gasteiger partial charge in [0.25, 0.3) is 15.9 Å². The van der Waals surface area contributed by atoms with Crippen molar-refractivity contribution in [1.29, 1.82) is 0 Å². The van der Waals surface area contributed by atoms with E-state index < -0.39 is 21.7 Å². The van der Waals surface area contributed by atoms with Gasteiger partial charge >= 0.3 is 0 Å². The Morgan fingerprint density at radius 2 is 1.75 bits per heavy atom. The lowest BCUT2D eigenvalue weighted by Gasteiger charge is -2.16. The average molecular weight is 477 g/mol. The molecule has 0 bridgehead atoms. The van der Waals surface area contributed by atoms with Crippen LogP contribution >= 0.6 is 11.8 Å². The number of ether oxygens (including phenoxy) is 2. The molecule has 0 aliphatic carbocycles. The van der Waals surface area contributed by atoms with Crippen LogP contribution in [0.4, 0.5) is 15.8 Å². The first-order chi connectivity index (χ1) is 15.3. The van der Waals surface area contributed by atoms with Crippen molar-refractivity contribution < 1.29 is 27.1 Å². The monoisotopic (exact) mass is 476 g/mol. The van der Waals surface area contributed by atoms with E-state index in [1.54, 1.807) is 18.2 Å². The van der Waals surface area contributed by atoms with Gasteiger partial charge in [0.2, 0.25) is 0 Å². The van der Waals surface area contributed by atoms with E-state index in [2.05, 4.69) is 10.0 Å². The fourth-order valence-electron chi connectivity index (χ4n) is 2.91. The Bertz CT molecular complexity index is 1250. The highest BCUT2D eigenvalue weighted by atomic mass is 32.2. The first kappa shape index (κ1) is 23.4. The summed E-state index contributed by atoms with van der Waals surface area (Å²) in [6, 6.07) is 14.9. The SMILES string of the molecule is COc1cc(S(=O)(=O)Nc2ccccc2F)cc(C(=O)Nc2cccc(SC)c2)c1OC. The minimum atomic E-state index is -4.24. The second-order valence-corrected chi connectivity index (χ2v) is 9.04. The Kier molecular flexibility index (Phi) is 7.26. The lowest BCUT2D eigenvalue weighted by atomic mass is 10.1. The van der Waals surface area contributed by atoms with Gasteiger partial charge in [-0.2, -0.15) is 0 Å². The van der Waals surface area contributed by atoms with Gasteiger partial charge in [-0.25, -0.2) is 12.8 Å². The molecule has 0 aliphatic rings. The highest BCUT2D eigenvalue weighted by Gasteiger charge is 2.25. The molecule has 0 aliphatic heterocycles. The van der Waals surface area contributed by atoms with Crippen molar-refractivity contribution >= 4 is 39.1 Å². The van der Waals surface area contributed by atoms with Gasteiger partial charge in [0.05, 0.1) is 30.4 Å². The molecule has 0 aromatic heterocycles. The molecule has 3 aromatic rings. The molecule has 0 saturated heterocycles. The van der Waals surface area contributed by atoms with Gasteiger partial charge in [0.1, 0.15) is 5.82 Å². The second kappa shape index (κ2) is 9.92. The molecule has 0 atom stereocenters. The maximum atomic E-state index is 14.0. The molecule has 2 N–H and O–H groups in total. The van der Waals surface area contributed by atoms with Crippen molar-refractivity contribution in [2.45, 2.75) is 9.79 Å². The van der Waals surface area contributed by atoms with Gasteiger partial charge in [-0.05, 0) is 42.7 Å². The Labute approximate surface area is 190 Å². The summed E-state index contributed by atoms with van der Waals surface area (Å²) >= 11 is 1.51. The Hall–Kier alpha value is -3.24. The zero-order valence-corrected chi connectivity index (χ0v) is 19.1. The van der Waals surface area contributed by atoms with Crippen LogP contribution in [0.1, 0.15) is 10.4 Å². The largest absolute Gasteiger partial charge is 0.493 e. The summed E-state index contributed by atoms with van der Waals surface area (Å²) < 4.78 is 52.6. The van der Waals surface area contributed by atoms with E-state index in [1.807, 2.05) is 12.3 Å². The van der Waals surface area contributed by atoms with Gasteiger partial charge in [0, 0.05) is 16.6 Å². The predicted molar refractivity (Wildman–Crippen MR) is 123 cm³/mol. The van der Waals surface area contributed by atoms with E-state index in [4.69, 9.17) is 9.47 Å². The summed E-state index contributed by atoms with van der Waals surface area (Å²) in [6.07, 6.45) is 1.91. The number of carbonyl (C=O) groups is 1. The zero-order valence-electron chi connectivity index (χ0n) is 17.5. The molecule has 0 radical (unpaired) electrons. The maximum absolute atomic E-state index is 14.0. The summed E-state index contributed by atoms with van der Waals surface area (Å²) in [7, 11) is -1.58. The number of rotatable bonds is 8. The molecule has 0 fully saturated rings. The van der Waals surface area contributed by atoms with Crippen LogP contribution in [0.15, 0.2) is 70.5 Å². The molecule has 7 nitrogen and oxygen atoms in total. The molecular weight excluding hydrogens is 455 g/mol. The standard InChI is InChI=1S/C22H21FN2O5S2/c1-29-20-13-16(32(27,28)25-19-10-5-4-9-18(19)23)12-17(21(20)30-2)22(26)24-14-7-6-8-15(11-14)31-3/h4-13,25H,1-3H3,(H,24,26). The second-order valence-electron chi connectivity index (χ2n) is 6.48. The number of methoxy groups -OCH3 is 2. The number of sulfonamides is 1. The minimum absolute atomic E-state index is 0.0342. The molecule has 3 aromatic carbocycles. The van der Waals surface area contributed by atoms with Crippen LogP contribution in [0.25, 0.3) is 0 Å². The lowest BCUT2D eigenvalue weighted by Crippen LogP contribution is -2.18. The van der Waals surface area contributed by atoms with Crippen molar-refractivity contribution in [3.63, 3.8) is 0 Å². The van der Waals surface area contributed by atoms with Crippen LogP contribution in [0.5, 0.6) is 11.5 Å². The molecule has 0 heterocycles. The molecule has 10 heteroatoms. The van der Waals surface area contributed by atoms with Crippen molar-refractivity contribution in [2.75, 3.05) is 30.5 Å². The predicted octanol–water partition coefficient (Wildman–Crippen LogP) is 4.62.